The van der Waals surface area contributed by atoms with E-state index in [2.05, 4.69) is 121 Å². The minimum absolute atomic E-state index is 0.688. The molecule has 1 aliphatic rings. The van der Waals surface area contributed by atoms with Crippen LogP contribution in [0.4, 0.5) is 0 Å². The van der Waals surface area contributed by atoms with Crippen molar-refractivity contribution in [2.75, 3.05) is 0 Å². The van der Waals surface area contributed by atoms with Crippen LogP contribution in [0, 0.1) is 0 Å². The van der Waals surface area contributed by atoms with Gasteiger partial charge >= 0.3 is 0 Å². The third-order valence-corrected chi connectivity index (χ3v) is 9.42. The van der Waals surface area contributed by atoms with Gasteiger partial charge in [-0.2, -0.15) is 0 Å². The van der Waals surface area contributed by atoms with Crippen molar-refractivity contribution in [3.8, 4) is 67.3 Å². The minimum atomic E-state index is 0.688. The van der Waals surface area contributed by atoms with Crippen LogP contribution in [0.15, 0.2) is 162 Å². The van der Waals surface area contributed by atoms with E-state index in [1.54, 1.807) is 0 Å². The van der Waals surface area contributed by atoms with E-state index in [1.165, 1.54) is 38.4 Å². The molecule has 0 saturated carbocycles. The molecule has 7 aromatic carbocycles. The van der Waals surface area contributed by atoms with Crippen LogP contribution < -0.4 is 0 Å². The molecule has 2 aromatic heterocycles. The Bertz CT molecular complexity index is 2610. The highest BCUT2D eigenvalue weighted by molar-refractivity contribution is 6.26. The van der Waals surface area contributed by atoms with Gasteiger partial charge in [-0.1, -0.05) is 133 Å². The quantitative estimate of drug-likeness (QED) is 0.202. The van der Waals surface area contributed by atoms with Crippen LogP contribution in [0.25, 0.3) is 100.0 Å². The highest BCUT2D eigenvalue weighted by atomic mass is 16.3. The Balaban J connectivity index is 1.15. The van der Waals surface area contributed by atoms with Crippen LogP contribution >= 0.6 is 0 Å². The van der Waals surface area contributed by atoms with Crippen LogP contribution in [0.1, 0.15) is 0 Å². The van der Waals surface area contributed by atoms with Crippen molar-refractivity contribution in [2.45, 2.75) is 0 Å². The monoisotopic (exact) mass is 598 g/mol. The molecule has 2 heterocycles. The van der Waals surface area contributed by atoms with Crippen LogP contribution in [0.5, 0.6) is 0 Å². The largest absolute Gasteiger partial charge is 0.455 e. The molecule has 0 bridgehead atoms. The number of para-hydroxylation sites is 1. The first-order valence-corrected chi connectivity index (χ1v) is 15.9. The lowest BCUT2D eigenvalue weighted by atomic mass is 9.96. The maximum Gasteiger partial charge on any atom is 0.160 e. The molecular weight excluding hydrogens is 572 g/mol. The highest BCUT2D eigenvalue weighted by Crippen LogP contribution is 2.52. The lowest BCUT2D eigenvalue weighted by Gasteiger charge is -2.10. The first kappa shape index (κ1) is 26.0. The average Bonchev–Trinajstić information content (AvgIpc) is 3.69. The van der Waals surface area contributed by atoms with E-state index in [-0.39, 0.29) is 0 Å². The van der Waals surface area contributed by atoms with Crippen LogP contribution in [-0.2, 0) is 0 Å². The normalized spacial score (nSPS) is 11.8. The summed E-state index contributed by atoms with van der Waals surface area (Å²) < 4.78 is 6.73. The maximum atomic E-state index is 6.73. The van der Waals surface area contributed by atoms with Crippen LogP contribution in [0.3, 0.4) is 0 Å². The summed E-state index contributed by atoms with van der Waals surface area (Å²) in [4.78, 5) is 10.1. The van der Waals surface area contributed by atoms with E-state index >= 15 is 0 Å². The summed E-state index contributed by atoms with van der Waals surface area (Å²) in [5.41, 5.74) is 13.8. The van der Waals surface area contributed by atoms with Gasteiger partial charge in [-0.15, -0.1) is 0 Å². The fraction of sp³-hybridized carbons (Fsp3) is 0. The number of benzene rings is 7. The predicted octanol–water partition coefficient (Wildman–Crippen LogP) is 11.8. The summed E-state index contributed by atoms with van der Waals surface area (Å²) in [5, 5.41) is 4.88. The SMILES string of the molecule is c1ccc(-c2cc(-c3ccccc3)nc(-c3cccc(-c4cccc5c4oc4ccc6c(c45)-c4cccc5cccc-6c45)c3)n2)cc1. The Morgan fingerprint density at radius 1 is 0.404 bits per heavy atom. The molecular formula is C44H26N2O. The number of nitrogens with zero attached hydrogens (tertiary/aromatic N) is 2. The molecule has 0 atom stereocenters. The van der Waals surface area contributed by atoms with Crippen molar-refractivity contribution in [1.29, 1.82) is 0 Å². The Morgan fingerprint density at radius 2 is 1.02 bits per heavy atom. The molecule has 0 saturated heterocycles. The topological polar surface area (TPSA) is 38.9 Å². The number of aromatic nitrogens is 2. The number of rotatable bonds is 4. The number of fused-ring (bicyclic) bond motifs is 7. The molecule has 3 nitrogen and oxygen atoms in total. The third kappa shape index (κ3) is 4.00. The molecule has 0 aliphatic heterocycles. The Hall–Kier alpha value is -6.32. The zero-order valence-corrected chi connectivity index (χ0v) is 25.3. The predicted molar refractivity (Wildman–Crippen MR) is 193 cm³/mol. The lowest BCUT2D eigenvalue weighted by Crippen LogP contribution is -1.96. The Morgan fingerprint density at radius 3 is 1.77 bits per heavy atom. The summed E-state index contributed by atoms with van der Waals surface area (Å²) in [5.74, 6) is 0.688. The van der Waals surface area contributed by atoms with Crippen molar-refractivity contribution in [3.63, 3.8) is 0 Å². The third-order valence-electron chi connectivity index (χ3n) is 9.42. The van der Waals surface area contributed by atoms with Crippen molar-refractivity contribution in [2.24, 2.45) is 0 Å². The Kier molecular flexibility index (Phi) is 5.57. The van der Waals surface area contributed by atoms with Gasteiger partial charge in [0.25, 0.3) is 0 Å². The molecule has 0 unspecified atom stereocenters. The second kappa shape index (κ2) is 10.1. The second-order valence-electron chi connectivity index (χ2n) is 12.1. The van der Waals surface area contributed by atoms with E-state index < -0.39 is 0 Å². The maximum absolute atomic E-state index is 6.73. The number of furan rings is 1. The van der Waals surface area contributed by atoms with E-state index in [4.69, 9.17) is 14.4 Å². The van der Waals surface area contributed by atoms with Crippen LogP contribution in [-0.4, -0.2) is 9.97 Å². The Labute approximate surface area is 271 Å². The first-order chi connectivity index (χ1) is 23.3. The standard InChI is InChI=1S/C44H26N2O/c1-3-11-27(12-4-1)37-26-38(28-13-5-2-6-14-28)46-44(45-37)31-18-7-17-30(25-31)32-19-10-22-36-42-39(47-43(32)36)24-23-34-33-20-8-15-29-16-9-21-35(40(29)33)41(34)42/h1-26H. The first-order valence-electron chi connectivity index (χ1n) is 15.9. The van der Waals surface area contributed by atoms with Crippen molar-refractivity contribution in [1.82, 2.24) is 9.97 Å². The zero-order chi connectivity index (χ0) is 30.9. The summed E-state index contributed by atoms with van der Waals surface area (Å²) in [7, 11) is 0. The summed E-state index contributed by atoms with van der Waals surface area (Å²) >= 11 is 0. The van der Waals surface area contributed by atoms with Gasteiger partial charge in [0.15, 0.2) is 5.82 Å². The summed E-state index contributed by atoms with van der Waals surface area (Å²) in [6.07, 6.45) is 0. The fourth-order valence-electron chi connectivity index (χ4n) is 7.31. The lowest BCUT2D eigenvalue weighted by molar-refractivity contribution is 0.670. The molecule has 3 heteroatoms. The summed E-state index contributed by atoms with van der Waals surface area (Å²) in [6.45, 7) is 0. The molecule has 10 rings (SSSR count). The van der Waals surface area contributed by atoms with Gasteiger partial charge in [0.2, 0.25) is 0 Å². The molecule has 0 radical (unpaired) electrons. The van der Waals surface area contributed by atoms with Gasteiger partial charge < -0.3 is 4.42 Å². The molecule has 0 fully saturated rings. The minimum Gasteiger partial charge on any atom is -0.455 e. The van der Waals surface area contributed by atoms with Crippen molar-refractivity contribution >= 4 is 32.7 Å². The molecule has 9 aromatic rings. The summed E-state index contributed by atoms with van der Waals surface area (Å²) in [6, 6.07) is 55.2. The van der Waals surface area contributed by atoms with Gasteiger partial charge in [0, 0.05) is 38.6 Å². The van der Waals surface area contributed by atoms with Gasteiger partial charge in [-0.05, 0) is 57.3 Å². The fourth-order valence-corrected chi connectivity index (χ4v) is 7.31. The van der Waals surface area contributed by atoms with E-state index in [0.717, 1.165) is 55.8 Å². The molecule has 0 spiro atoms. The highest BCUT2D eigenvalue weighted by Gasteiger charge is 2.26. The van der Waals surface area contributed by atoms with E-state index in [0.29, 0.717) is 5.82 Å². The van der Waals surface area contributed by atoms with Gasteiger partial charge in [-0.25, -0.2) is 9.97 Å². The van der Waals surface area contributed by atoms with Gasteiger partial charge in [0.05, 0.1) is 11.4 Å². The average molecular weight is 599 g/mol. The van der Waals surface area contributed by atoms with E-state index in [1.807, 2.05) is 36.4 Å². The van der Waals surface area contributed by atoms with E-state index in [9.17, 15) is 0 Å². The molecule has 218 valence electrons. The van der Waals surface area contributed by atoms with Crippen LogP contribution in [0.2, 0.25) is 0 Å². The molecule has 0 amide bonds. The molecule has 1 aliphatic carbocycles. The van der Waals surface area contributed by atoms with Gasteiger partial charge in [-0.3, -0.25) is 0 Å². The second-order valence-corrected chi connectivity index (χ2v) is 12.1. The number of hydrogen-bond donors (Lipinski definition) is 0. The smallest absolute Gasteiger partial charge is 0.160 e. The van der Waals surface area contributed by atoms with Crippen molar-refractivity contribution < 1.29 is 4.42 Å². The number of hydrogen-bond acceptors (Lipinski definition) is 3. The molecule has 0 N–H and O–H groups in total. The zero-order valence-electron chi connectivity index (χ0n) is 25.3. The van der Waals surface area contributed by atoms with Crippen molar-refractivity contribution in [3.05, 3.63) is 158 Å². The molecule has 47 heavy (non-hydrogen) atoms. The van der Waals surface area contributed by atoms with Gasteiger partial charge in [0.1, 0.15) is 11.2 Å².